The number of phenols is 1. The van der Waals surface area contributed by atoms with Gasteiger partial charge >= 0.3 is 0 Å². The number of halogens is 1. The van der Waals surface area contributed by atoms with Crippen molar-refractivity contribution in [1.82, 2.24) is 5.32 Å². The molecule has 0 atom stereocenters. The van der Waals surface area contributed by atoms with Crippen LogP contribution < -0.4 is 5.32 Å². The number of phenolic OH excluding ortho intramolecular Hbond substituents is 1. The molecule has 0 aliphatic heterocycles. The molecule has 0 fully saturated rings. The van der Waals surface area contributed by atoms with Crippen LogP contribution in [0.5, 0.6) is 5.75 Å². The highest BCUT2D eigenvalue weighted by atomic mass is 79.9. The number of hydrogen-bond acceptors (Lipinski definition) is 3. The SMILES string of the molecule is CSCCCNCc1cc(C)cc(Br)c1O. The van der Waals surface area contributed by atoms with Gasteiger partial charge in [0.25, 0.3) is 0 Å². The standard InChI is InChI=1S/C12H18BrNOS/c1-9-6-10(12(15)11(13)7-9)8-14-4-3-5-16-2/h6-7,14-15H,3-5,8H2,1-2H3. The fraction of sp³-hybridized carbons (Fsp3) is 0.500. The van der Waals surface area contributed by atoms with Gasteiger partial charge in [-0.3, -0.25) is 0 Å². The van der Waals surface area contributed by atoms with E-state index in [0.717, 1.165) is 35.1 Å². The Morgan fingerprint density at radius 1 is 1.44 bits per heavy atom. The summed E-state index contributed by atoms with van der Waals surface area (Å²) in [6, 6.07) is 3.94. The molecule has 0 saturated heterocycles. The number of aryl methyl sites for hydroxylation is 1. The minimum atomic E-state index is 0.350. The zero-order valence-corrected chi connectivity index (χ0v) is 12.1. The fourth-order valence-electron chi connectivity index (χ4n) is 1.51. The second kappa shape index (κ2) is 7.20. The summed E-state index contributed by atoms with van der Waals surface area (Å²) in [5.74, 6) is 1.53. The van der Waals surface area contributed by atoms with E-state index >= 15 is 0 Å². The Hall–Kier alpha value is -0.190. The van der Waals surface area contributed by atoms with Crippen LogP contribution in [0.1, 0.15) is 17.5 Å². The topological polar surface area (TPSA) is 32.3 Å². The van der Waals surface area contributed by atoms with E-state index in [1.165, 1.54) is 5.75 Å². The molecule has 1 aromatic carbocycles. The van der Waals surface area contributed by atoms with Gasteiger partial charge in [-0.25, -0.2) is 0 Å². The molecule has 4 heteroatoms. The Bertz CT molecular complexity index is 344. The molecule has 0 aliphatic carbocycles. The van der Waals surface area contributed by atoms with E-state index in [2.05, 4.69) is 27.5 Å². The summed E-state index contributed by atoms with van der Waals surface area (Å²) in [5.41, 5.74) is 2.11. The Balaban J connectivity index is 2.47. The number of aromatic hydroxyl groups is 1. The maximum absolute atomic E-state index is 9.83. The van der Waals surface area contributed by atoms with E-state index in [1.807, 2.05) is 30.8 Å². The molecule has 16 heavy (non-hydrogen) atoms. The lowest BCUT2D eigenvalue weighted by molar-refractivity contribution is 0.461. The van der Waals surface area contributed by atoms with Crippen molar-refractivity contribution in [2.45, 2.75) is 19.9 Å². The number of rotatable bonds is 6. The summed E-state index contributed by atoms with van der Waals surface area (Å²) in [4.78, 5) is 0. The molecule has 0 spiro atoms. The summed E-state index contributed by atoms with van der Waals surface area (Å²) in [7, 11) is 0. The molecular weight excluding hydrogens is 286 g/mol. The van der Waals surface area contributed by atoms with Crippen LogP contribution in [-0.2, 0) is 6.54 Å². The number of hydrogen-bond donors (Lipinski definition) is 2. The van der Waals surface area contributed by atoms with Crippen LogP contribution in [0.4, 0.5) is 0 Å². The van der Waals surface area contributed by atoms with Gasteiger partial charge in [0.1, 0.15) is 5.75 Å². The van der Waals surface area contributed by atoms with Gasteiger partial charge in [-0.15, -0.1) is 0 Å². The summed E-state index contributed by atoms with van der Waals surface area (Å²) < 4.78 is 0.772. The summed E-state index contributed by atoms with van der Waals surface area (Å²) in [5, 5.41) is 13.2. The predicted octanol–water partition coefficient (Wildman–Crippen LogP) is 3.31. The van der Waals surface area contributed by atoms with Crippen molar-refractivity contribution in [1.29, 1.82) is 0 Å². The summed E-state index contributed by atoms with van der Waals surface area (Å²) >= 11 is 5.21. The normalized spacial score (nSPS) is 10.7. The molecule has 90 valence electrons. The first-order valence-electron chi connectivity index (χ1n) is 5.32. The van der Waals surface area contributed by atoms with Crippen molar-refractivity contribution in [3.05, 3.63) is 27.7 Å². The van der Waals surface area contributed by atoms with Gasteiger partial charge in [-0.2, -0.15) is 11.8 Å². The van der Waals surface area contributed by atoms with Gasteiger partial charge in [0.05, 0.1) is 4.47 Å². The second-order valence-electron chi connectivity index (χ2n) is 3.78. The van der Waals surface area contributed by atoms with Crippen LogP contribution >= 0.6 is 27.7 Å². The fourth-order valence-corrected chi connectivity index (χ4v) is 2.55. The van der Waals surface area contributed by atoms with Crippen molar-refractivity contribution in [2.24, 2.45) is 0 Å². The minimum Gasteiger partial charge on any atom is -0.506 e. The quantitative estimate of drug-likeness (QED) is 0.791. The van der Waals surface area contributed by atoms with E-state index in [0.29, 0.717) is 5.75 Å². The molecule has 0 amide bonds. The van der Waals surface area contributed by atoms with E-state index < -0.39 is 0 Å². The lowest BCUT2D eigenvalue weighted by Crippen LogP contribution is -2.15. The molecule has 0 unspecified atom stereocenters. The molecule has 2 nitrogen and oxygen atoms in total. The third-order valence-electron chi connectivity index (χ3n) is 2.30. The minimum absolute atomic E-state index is 0.350. The lowest BCUT2D eigenvalue weighted by atomic mass is 10.1. The van der Waals surface area contributed by atoms with E-state index in [4.69, 9.17) is 0 Å². The number of benzene rings is 1. The van der Waals surface area contributed by atoms with Crippen LogP contribution in [0.3, 0.4) is 0 Å². The van der Waals surface area contributed by atoms with E-state index in [9.17, 15) is 5.11 Å². The maximum Gasteiger partial charge on any atom is 0.134 e. The molecular formula is C12H18BrNOS. The summed E-state index contributed by atoms with van der Waals surface area (Å²) in [6.07, 6.45) is 3.28. The van der Waals surface area contributed by atoms with E-state index in [-0.39, 0.29) is 0 Å². The molecule has 0 aliphatic rings. The van der Waals surface area contributed by atoms with Crippen molar-refractivity contribution in [3.8, 4) is 5.75 Å². The zero-order chi connectivity index (χ0) is 12.0. The molecule has 0 radical (unpaired) electrons. The van der Waals surface area contributed by atoms with Crippen LogP contribution in [0.15, 0.2) is 16.6 Å². The smallest absolute Gasteiger partial charge is 0.134 e. The van der Waals surface area contributed by atoms with Crippen LogP contribution in [0, 0.1) is 6.92 Å². The third kappa shape index (κ3) is 4.36. The maximum atomic E-state index is 9.83. The Morgan fingerprint density at radius 2 is 2.19 bits per heavy atom. The molecule has 0 saturated carbocycles. The Morgan fingerprint density at radius 3 is 2.88 bits per heavy atom. The van der Waals surface area contributed by atoms with Gasteiger partial charge in [-0.05, 0) is 59.5 Å². The van der Waals surface area contributed by atoms with Crippen LogP contribution in [-0.4, -0.2) is 23.7 Å². The van der Waals surface area contributed by atoms with Crippen molar-refractivity contribution in [3.63, 3.8) is 0 Å². The number of nitrogens with one attached hydrogen (secondary N) is 1. The van der Waals surface area contributed by atoms with Gasteiger partial charge in [0.2, 0.25) is 0 Å². The average molecular weight is 304 g/mol. The first-order valence-corrected chi connectivity index (χ1v) is 7.51. The highest BCUT2D eigenvalue weighted by Crippen LogP contribution is 2.29. The van der Waals surface area contributed by atoms with E-state index in [1.54, 1.807) is 0 Å². The predicted molar refractivity (Wildman–Crippen MR) is 75.2 cm³/mol. The first kappa shape index (κ1) is 13.9. The molecule has 1 rings (SSSR count). The molecule has 2 N–H and O–H groups in total. The zero-order valence-electron chi connectivity index (χ0n) is 9.72. The van der Waals surface area contributed by atoms with Crippen molar-refractivity contribution >= 4 is 27.7 Å². The molecule has 0 aromatic heterocycles. The van der Waals surface area contributed by atoms with Crippen LogP contribution in [0.25, 0.3) is 0 Å². The highest BCUT2D eigenvalue weighted by molar-refractivity contribution is 9.10. The molecule has 0 bridgehead atoms. The lowest BCUT2D eigenvalue weighted by Gasteiger charge is -2.09. The second-order valence-corrected chi connectivity index (χ2v) is 5.62. The highest BCUT2D eigenvalue weighted by Gasteiger charge is 2.05. The van der Waals surface area contributed by atoms with Crippen molar-refractivity contribution in [2.75, 3.05) is 18.6 Å². The monoisotopic (exact) mass is 303 g/mol. The Kier molecular flexibility index (Phi) is 6.24. The molecule has 0 heterocycles. The van der Waals surface area contributed by atoms with Gasteiger partial charge in [-0.1, -0.05) is 6.07 Å². The van der Waals surface area contributed by atoms with Crippen molar-refractivity contribution < 1.29 is 5.11 Å². The van der Waals surface area contributed by atoms with Gasteiger partial charge < -0.3 is 10.4 Å². The third-order valence-corrected chi connectivity index (χ3v) is 3.61. The van der Waals surface area contributed by atoms with Gasteiger partial charge in [0, 0.05) is 12.1 Å². The van der Waals surface area contributed by atoms with Gasteiger partial charge in [0.15, 0.2) is 0 Å². The largest absolute Gasteiger partial charge is 0.506 e. The Labute approximate surface area is 110 Å². The first-order chi connectivity index (χ1) is 7.65. The summed E-state index contributed by atoms with van der Waals surface area (Å²) in [6.45, 7) is 3.74. The number of thioether (sulfide) groups is 1. The molecule has 1 aromatic rings. The average Bonchev–Trinajstić information content (AvgIpc) is 2.24. The van der Waals surface area contributed by atoms with Crippen LogP contribution in [0.2, 0.25) is 0 Å².